The van der Waals surface area contributed by atoms with E-state index in [1.54, 1.807) is 6.92 Å². The number of rotatable bonds is 5. The summed E-state index contributed by atoms with van der Waals surface area (Å²) in [4.78, 5) is 11.4. The van der Waals surface area contributed by atoms with Crippen LogP contribution in [0.25, 0.3) is 0 Å². The van der Waals surface area contributed by atoms with Crippen LogP contribution in [-0.4, -0.2) is 18.1 Å². The Hall–Kier alpha value is -1.77. The van der Waals surface area contributed by atoms with E-state index < -0.39 is 5.60 Å². The van der Waals surface area contributed by atoms with Gasteiger partial charge in [-0.25, -0.2) is 4.79 Å². The molecule has 17 heavy (non-hydrogen) atoms. The Morgan fingerprint density at radius 2 is 1.94 bits per heavy atom. The number of para-hydroxylation sites is 1. The van der Waals surface area contributed by atoms with Crippen molar-refractivity contribution in [1.29, 1.82) is 0 Å². The summed E-state index contributed by atoms with van der Waals surface area (Å²) in [6.07, 6.45) is 0. The van der Waals surface area contributed by atoms with Crippen LogP contribution in [0.1, 0.15) is 20.8 Å². The summed E-state index contributed by atoms with van der Waals surface area (Å²) in [6, 6.07) is 9.80. The molecule has 0 unspecified atom stereocenters. The second-order valence-electron chi connectivity index (χ2n) is 4.65. The minimum Gasteiger partial charge on any atom is -0.454 e. The van der Waals surface area contributed by atoms with Gasteiger partial charge in [-0.05, 0) is 32.9 Å². The Kier molecular flexibility index (Phi) is 4.32. The lowest BCUT2D eigenvalue weighted by molar-refractivity contribution is -0.150. The predicted molar refractivity (Wildman–Crippen MR) is 69.9 cm³/mol. The Balaban J connectivity index is 2.50. The first kappa shape index (κ1) is 13.3. The van der Waals surface area contributed by atoms with Crippen molar-refractivity contribution in [3.05, 3.63) is 42.5 Å². The maximum atomic E-state index is 11.4. The molecule has 0 spiro atoms. The molecule has 0 aliphatic heterocycles. The lowest BCUT2D eigenvalue weighted by Crippen LogP contribution is -2.35. The van der Waals surface area contributed by atoms with E-state index in [1.807, 2.05) is 44.2 Å². The van der Waals surface area contributed by atoms with E-state index >= 15 is 0 Å². The Bertz CT molecular complexity index is 396. The standard InChI is InChI=1S/C14H19NO2/c1-11(2)13(16)17-14(3,4)10-15-12-8-6-5-7-9-12/h5-9,15H,1,10H2,2-4H3. The average Bonchev–Trinajstić information content (AvgIpc) is 2.27. The average molecular weight is 233 g/mol. The molecule has 3 heteroatoms. The van der Waals surface area contributed by atoms with Crippen LogP contribution in [-0.2, 0) is 9.53 Å². The molecular formula is C14H19NO2. The third-order valence-corrected chi connectivity index (χ3v) is 2.21. The van der Waals surface area contributed by atoms with Crippen molar-refractivity contribution >= 4 is 11.7 Å². The maximum Gasteiger partial charge on any atom is 0.333 e. The predicted octanol–water partition coefficient (Wildman–Crippen LogP) is 3.00. The Morgan fingerprint density at radius 3 is 2.47 bits per heavy atom. The van der Waals surface area contributed by atoms with Gasteiger partial charge in [-0.1, -0.05) is 24.8 Å². The highest BCUT2D eigenvalue weighted by Crippen LogP contribution is 2.14. The minimum atomic E-state index is -0.564. The zero-order valence-electron chi connectivity index (χ0n) is 10.6. The molecule has 0 atom stereocenters. The van der Waals surface area contributed by atoms with Gasteiger partial charge in [0, 0.05) is 11.3 Å². The fourth-order valence-electron chi connectivity index (χ4n) is 1.25. The van der Waals surface area contributed by atoms with Crippen molar-refractivity contribution in [1.82, 2.24) is 0 Å². The number of nitrogens with one attached hydrogen (secondary N) is 1. The van der Waals surface area contributed by atoms with Gasteiger partial charge in [-0.2, -0.15) is 0 Å². The molecule has 0 aromatic heterocycles. The molecule has 1 rings (SSSR count). The number of carbonyl (C=O) groups is 1. The molecule has 3 nitrogen and oxygen atoms in total. The summed E-state index contributed by atoms with van der Waals surface area (Å²) in [7, 11) is 0. The van der Waals surface area contributed by atoms with E-state index in [0.29, 0.717) is 12.1 Å². The molecule has 0 saturated carbocycles. The second kappa shape index (κ2) is 5.53. The molecule has 0 fully saturated rings. The van der Waals surface area contributed by atoms with Crippen LogP contribution in [0.4, 0.5) is 5.69 Å². The Labute approximate surface area is 102 Å². The molecule has 1 aromatic carbocycles. The van der Waals surface area contributed by atoms with Gasteiger partial charge >= 0.3 is 5.97 Å². The highest BCUT2D eigenvalue weighted by Gasteiger charge is 2.22. The lowest BCUT2D eigenvalue weighted by Gasteiger charge is -2.26. The molecule has 0 aliphatic rings. The molecule has 0 aliphatic carbocycles. The summed E-state index contributed by atoms with van der Waals surface area (Å²) in [6.45, 7) is 9.49. The zero-order valence-corrected chi connectivity index (χ0v) is 10.6. The van der Waals surface area contributed by atoms with E-state index in [1.165, 1.54) is 0 Å². The van der Waals surface area contributed by atoms with Gasteiger partial charge in [-0.15, -0.1) is 0 Å². The number of ether oxygens (including phenoxy) is 1. The van der Waals surface area contributed by atoms with Crippen LogP contribution >= 0.6 is 0 Å². The largest absolute Gasteiger partial charge is 0.454 e. The van der Waals surface area contributed by atoms with E-state index in [9.17, 15) is 4.79 Å². The second-order valence-corrected chi connectivity index (χ2v) is 4.65. The molecule has 0 radical (unpaired) electrons. The first-order chi connectivity index (χ1) is 7.91. The van der Waals surface area contributed by atoms with Crippen molar-refractivity contribution in [2.45, 2.75) is 26.4 Å². The van der Waals surface area contributed by atoms with Gasteiger partial charge in [0.15, 0.2) is 0 Å². The van der Waals surface area contributed by atoms with Crippen LogP contribution < -0.4 is 5.32 Å². The van der Waals surface area contributed by atoms with Crippen LogP contribution in [0.15, 0.2) is 42.5 Å². The van der Waals surface area contributed by atoms with Crippen molar-refractivity contribution in [2.75, 3.05) is 11.9 Å². The van der Waals surface area contributed by atoms with Crippen LogP contribution in [0.3, 0.4) is 0 Å². The molecule has 0 amide bonds. The third-order valence-electron chi connectivity index (χ3n) is 2.21. The van der Waals surface area contributed by atoms with Crippen molar-refractivity contribution in [2.24, 2.45) is 0 Å². The normalized spacial score (nSPS) is 10.8. The summed E-state index contributed by atoms with van der Waals surface area (Å²) in [5.74, 6) is -0.357. The molecule has 1 N–H and O–H groups in total. The molecule has 0 heterocycles. The van der Waals surface area contributed by atoms with Gasteiger partial charge in [-0.3, -0.25) is 0 Å². The third kappa shape index (κ3) is 4.72. The topological polar surface area (TPSA) is 38.3 Å². The van der Waals surface area contributed by atoms with E-state index in [4.69, 9.17) is 4.74 Å². The highest BCUT2D eigenvalue weighted by molar-refractivity contribution is 5.87. The number of benzene rings is 1. The molecule has 92 valence electrons. The zero-order chi connectivity index (χ0) is 12.9. The van der Waals surface area contributed by atoms with Gasteiger partial charge in [0.25, 0.3) is 0 Å². The highest BCUT2D eigenvalue weighted by atomic mass is 16.6. The Morgan fingerprint density at radius 1 is 1.35 bits per heavy atom. The van der Waals surface area contributed by atoms with Gasteiger partial charge in [0.2, 0.25) is 0 Å². The molecule has 0 saturated heterocycles. The quantitative estimate of drug-likeness (QED) is 0.627. The number of hydrogen-bond donors (Lipinski definition) is 1. The number of anilines is 1. The summed E-state index contributed by atoms with van der Waals surface area (Å²) < 4.78 is 5.32. The first-order valence-electron chi connectivity index (χ1n) is 5.58. The van der Waals surface area contributed by atoms with Crippen LogP contribution in [0, 0.1) is 0 Å². The van der Waals surface area contributed by atoms with Gasteiger partial charge in [0.1, 0.15) is 5.60 Å². The SMILES string of the molecule is C=C(C)C(=O)OC(C)(C)CNc1ccccc1. The number of hydrogen-bond acceptors (Lipinski definition) is 3. The first-order valence-corrected chi connectivity index (χ1v) is 5.58. The van der Waals surface area contributed by atoms with Crippen LogP contribution in [0.5, 0.6) is 0 Å². The van der Waals surface area contributed by atoms with Crippen molar-refractivity contribution < 1.29 is 9.53 Å². The summed E-state index contributed by atoms with van der Waals surface area (Å²) >= 11 is 0. The van der Waals surface area contributed by atoms with Crippen LogP contribution in [0.2, 0.25) is 0 Å². The minimum absolute atomic E-state index is 0.357. The summed E-state index contributed by atoms with van der Waals surface area (Å²) in [5.41, 5.74) is 0.857. The fourth-order valence-corrected chi connectivity index (χ4v) is 1.25. The van der Waals surface area contributed by atoms with Crippen molar-refractivity contribution in [3.8, 4) is 0 Å². The number of carbonyl (C=O) groups excluding carboxylic acids is 1. The molecular weight excluding hydrogens is 214 g/mol. The number of esters is 1. The maximum absolute atomic E-state index is 11.4. The van der Waals surface area contributed by atoms with Gasteiger partial charge < -0.3 is 10.1 Å². The monoisotopic (exact) mass is 233 g/mol. The smallest absolute Gasteiger partial charge is 0.333 e. The van der Waals surface area contributed by atoms with E-state index in [2.05, 4.69) is 11.9 Å². The fraction of sp³-hybridized carbons (Fsp3) is 0.357. The summed E-state index contributed by atoms with van der Waals surface area (Å²) in [5, 5.41) is 3.22. The van der Waals surface area contributed by atoms with Gasteiger partial charge in [0.05, 0.1) is 6.54 Å². The lowest BCUT2D eigenvalue weighted by atomic mass is 10.1. The molecule has 0 bridgehead atoms. The molecule has 1 aromatic rings. The van der Waals surface area contributed by atoms with E-state index in [0.717, 1.165) is 5.69 Å². The van der Waals surface area contributed by atoms with E-state index in [-0.39, 0.29) is 5.97 Å². The van der Waals surface area contributed by atoms with Crippen molar-refractivity contribution in [3.63, 3.8) is 0 Å².